The second-order valence-corrected chi connectivity index (χ2v) is 6.55. The number of benzene rings is 2. The molecule has 1 aromatic heterocycles. The van der Waals surface area contributed by atoms with Gasteiger partial charge in [0.25, 0.3) is 0 Å². The lowest BCUT2D eigenvalue weighted by Gasteiger charge is -2.24. The first-order chi connectivity index (χ1) is 13.2. The zero-order chi connectivity index (χ0) is 18.6. The molecule has 0 amide bonds. The molecule has 4 N–H and O–H groups in total. The van der Waals surface area contributed by atoms with Gasteiger partial charge in [0, 0.05) is 29.9 Å². The van der Waals surface area contributed by atoms with E-state index in [9.17, 15) is 5.11 Å². The van der Waals surface area contributed by atoms with Crippen LogP contribution in [-0.4, -0.2) is 34.8 Å². The molecule has 1 aliphatic heterocycles. The molecule has 2 aromatic carbocycles. The van der Waals surface area contributed by atoms with E-state index in [2.05, 4.69) is 5.32 Å². The third kappa shape index (κ3) is 3.98. The SMILES string of the molecule is Nc1cccc(-c2cc(C3CNCCO3)nc(-c3cccc(CO)c3)n2)c1. The fraction of sp³-hybridized carbons (Fsp3) is 0.238. The predicted octanol–water partition coefficient (Wildman–Crippen LogP) is 2.55. The van der Waals surface area contributed by atoms with Crippen molar-refractivity contribution in [2.45, 2.75) is 12.7 Å². The maximum Gasteiger partial charge on any atom is 0.160 e. The molecular formula is C21H22N4O2. The van der Waals surface area contributed by atoms with Crippen LogP contribution in [0.2, 0.25) is 0 Å². The Labute approximate surface area is 158 Å². The minimum Gasteiger partial charge on any atom is -0.399 e. The molecule has 1 aliphatic rings. The van der Waals surface area contributed by atoms with Crippen LogP contribution < -0.4 is 11.1 Å². The van der Waals surface area contributed by atoms with Crippen LogP contribution in [0, 0.1) is 0 Å². The molecule has 0 aliphatic carbocycles. The average molecular weight is 362 g/mol. The third-order valence-electron chi connectivity index (χ3n) is 4.55. The van der Waals surface area contributed by atoms with Crippen LogP contribution in [0.4, 0.5) is 5.69 Å². The minimum absolute atomic E-state index is 0.0226. The molecule has 6 heteroatoms. The second kappa shape index (κ2) is 7.84. The number of hydrogen-bond donors (Lipinski definition) is 3. The van der Waals surface area contributed by atoms with Gasteiger partial charge in [-0.2, -0.15) is 0 Å². The zero-order valence-corrected chi connectivity index (χ0v) is 14.9. The van der Waals surface area contributed by atoms with E-state index in [0.29, 0.717) is 24.7 Å². The summed E-state index contributed by atoms with van der Waals surface area (Å²) in [4.78, 5) is 9.52. The summed E-state index contributed by atoms with van der Waals surface area (Å²) in [5, 5.41) is 12.8. The van der Waals surface area contributed by atoms with Crippen LogP contribution in [0.1, 0.15) is 17.4 Å². The van der Waals surface area contributed by atoms with Crippen molar-refractivity contribution in [3.63, 3.8) is 0 Å². The Morgan fingerprint density at radius 3 is 2.70 bits per heavy atom. The number of rotatable bonds is 4. The third-order valence-corrected chi connectivity index (χ3v) is 4.55. The Morgan fingerprint density at radius 2 is 1.93 bits per heavy atom. The van der Waals surface area contributed by atoms with Crippen LogP contribution >= 0.6 is 0 Å². The lowest BCUT2D eigenvalue weighted by molar-refractivity contribution is 0.0250. The first-order valence-electron chi connectivity index (χ1n) is 9.00. The van der Waals surface area contributed by atoms with Crippen molar-refractivity contribution < 1.29 is 9.84 Å². The maximum atomic E-state index is 9.45. The summed E-state index contributed by atoms with van der Waals surface area (Å²) >= 11 is 0. The summed E-state index contributed by atoms with van der Waals surface area (Å²) in [5.74, 6) is 0.606. The van der Waals surface area contributed by atoms with Gasteiger partial charge in [0.2, 0.25) is 0 Å². The molecule has 1 fully saturated rings. The largest absolute Gasteiger partial charge is 0.399 e. The molecule has 6 nitrogen and oxygen atoms in total. The molecule has 138 valence electrons. The first-order valence-corrected chi connectivity index (χ1v) is 9.00. The van der Waals surface area contributed by atoms with Gasteiger partial charge in [0.1, 0.15) is 6.10 Å². The highest BCUT2D eigenvalue weighted by molar-refractivity contribution is 5.67. The number of aliphatic hydroxyl groups excluding tert-OH is 1. The lowest BCUT2D eigenvalue weighted by atomic mass is 10.1. The van der Waals surface area contributed by atoms with E-state index in [1.807, 2.05) is 54.6 Å². The standard InChI is InChI=1S/C21H22N4O2/c22-17-6-2-4-15(10-17)18-11-19(20-12-23-7-8-27-20)25-21(24-18)16-5-1-3-14(9-16)13-26/h1-6,9-11,20,23,26H,7-8,12-13,22H2. The molecule has 0 saturated carbocycles. The van der Waals surface area contributed by atoms with E-state index in [1.165, 1.54) is 0 Å². The van der Waals surface area contributed by atoms with Crippen LogP contribution in [0.15, 0.2) is 54.6 Å². The molecule has 1 unspecified atom stereocenters. The van der Waals surface area contributed by atoms with E-state index in [1.54, 1.807) is 0 Å². The Hall–Kier alpha value is -2.80. The summed E-state index contributed by atoms with van der Waals surface area (Å²) in [6.07, 6.45) is -0.124. The summed E-state index contributed by atoms with van der Waals surface area (Å²) < 4.78 is 5.90. The number of ether oxygens (including phenoxy) is 1. The number of nitrogens with zero attached hydrogens (tertiary/aromatic N) is 2. The van der Waals surface area contributed by atoms with Crippen LogP contribution in [0.25, 0.3) is 22.6 Å². The van der Waals surface area contributed by atoms with Crippen molar-refractivity contribution in [1.29, 1.82) is 0 Å². The van der Waals surface area contributed by atoms with Crippen molar-refractivity contribution in [1.82, 2.24) is 15.3 Å². The van der Waals surface area contributed by atoms with Gasteiger partial charge in [-0.25, -0.2) is 9.97 Å². The molecule has 0 bridgehead atoms. The van der Waals surface area contributed by atoms with Gasteiger partial charge < -0.3 is 20.9 Å². The Morgan fingerprint density at radius 1 is 1.07 bits per heavy atom. The molecule has 4 rings (SSSR count). The molecular weight excluding hydrogens is 340 g/mol. The van der Waals surface area contributed by atoms with Gasteiger partial charge in [-0.15, -0.1) is 0 Å². The van der Waals surface area contributed by atoms with Crippen molar-refractivity contribution >= 4 is 5.69 Å². The summed E-state index contributed by atoms with van der Waals surface area (Å²) in [6.45, 7) is 2.18. The fourth-order valence-electron chi connectivity index (χ4n) is 3.17. The topological polar surface area (TPSA) is 93.3 Å². The average Bonchev–Trinajstić information content (AvgIpc) is 2.74. The lowest BCUT2D eigenvalue weighted by Crippen LogP contribution is -2.33. The highest BCUT2D eigenvalue weighted by Gasteiger charge is 2.20. The van der Waals surface area contributed by atoms with Gasteiger partial charge >= 0.3 is 0 Å². The van der Waals surface area contributed by atoms with Crippen molar-refractivity contribution in [2.75, 3.05) is 25.4 Å². The summed E-state index contributed by atoms with van der Waals surface area (Å²) in [6, 6.07) is 17.2. The molecule has 2 heterocycles. The quantitative estimate of drug-likeness (QED) is 0.618. The van der Waals surface area contributed by atoms with E-state index in [4.69, 9.17) is 20.4 Å². The Bertz CT molecular complexity index is 939. The van der Waals surface area contributed by atoms with Crippen LogP contribution in [0.5, 0.6) is 0 Å². The molecule has 0 radical (unpaired) electrons. The van der Waals surface area contributed by atoms with Crippen molar-refractivity contribution in [3.8, 4) is 22.6 Å². The number of anilines is 1. The van der Waals surface area contributed by atoms with Crippen molar-refractivity contribution in [2.24, 2.45) is 0 Å². The summed E-state index contributed by atoms with van der Waals surface area (Å²) in [5.41, 5.74) is 10.9. The normalized spacial score (nSPS) is 17.0. The predicted molar refractivity (Wildman–Crippen MR) is 105 cm³/mol. The Balaban J connectivity index is 1.83. The van der Waals surface area contributed by atoms with E-state index < -0.39 is 0 Å². The molecule has 3 aromatic rings. The molecule has 27 heavy (non-hydrogen) atoms. The summed E-state index contributed by atoms with van der Waals surface area (Å²) in [7, 11) is 0. The monoisotopic (exact) mass is 362 g/mol. The number of hydrogen-bond acceptors (Lipinski definition) is 6. The highest BCUT2D eigenvalue weighted by atomic mass is 16.5. The number of nitrogens with one attached hydrogen (secondary N) is 1. The van der Waals surface area contributed by atoms with E-state index in [0.717, 1.165) is 34.6 Å². The van der Waals surface area contributed by atoms with Gasteiger partial charge in [-0.1, -0.05) is 30.3 Å². The smallest absolute Gasteiger partial charge is 0.160 e. The van der Waals surface area contributed by atoms with Gasteiger partial charge in [0.15, 0.2) is 5.82 Å². The highest BCUT2D eigenvalue weighted by Crippen LogP contribution is 2.28. The number of morpholine rings is 1. The van der Waals surface area contributed by atoms with Gasteiger partial charge in [-0.3, -0.25) is 0 Å². The van der Waals surface area contributed by atoms with Crippen LogP contribution in [0.3, 0.4) is 0 Å². The van der Waals surface area contributed by atoms with Gasteiger partial charge in [-0.05, 0) is 29.8 Å². The van der Waals surface area contributed by atoms with Crippen LogP contribution in [-0.2, 0) is 11.3 Å². The Kier molecular flexibility index (Phi) is 5.11. The van der Waals surface area contributed by atoms with Gasteiger partial charge in [0.05, 0.1) is 24.6 Å². The van der Waals surface area contributed by atoms with E-state index >= 15 is 0 Å². The maximum absolute atomic E-state index is 9.45. The van der Waals surface area contributed by atoms with Crippen molar-refractivity contribution in [3.05, 3.63) is 65.9 Å². The number of aromatic nitrogens is 2. The molecule has 0 spiro atoms. The number of aliphatic hydroxyl groups is 1. The first kappa shape index (κ1) is 17.6. The minimum atomic E-state index is -0.124. The second-order valence-electron chi connectivity index (χ2n) is 6.55. The molecule has 1 atom stereocenters. The number of nitrogens with two attached hydrogens (primary N) is 1. The fourth-order valence-corrected chi connectivity index (χ4v) is 3.17. The van der Waals surface area contributed by atoms with E-state index in [-0.39, 0.29) is 12.7 Å². The molecule has 1 saturated heterocycles. The number of nitrogen functional groups attached to an aromatic ring is 1. The zero-order valence-electron chi connectivity index (χ0n) is 14.9.